The quantitative estimate of drug-likeness (QED) is 0.375. The van der Waals surface area contributed by atoms with Crippen LogP contribution in [0.3, 0.4) is 0 Å². The van der Waals surface area contributed by atoms with Crippen molar-refractivity contribution in [2.24, 2.45) is 0 Å². The van der Waals surface area contributed by atoms with E-state index in [0.717, 1.165) is 12.1 Å². The summed E-state index contributed by atoms with van der Waals surface area (Å²) in [5.74, 6) is 0.362. The predicted molar refractivity (Wildman–Crippen MR) is 43.1 cm³/mol. The maximum Gasteiger partial charge on any atom is 0.351 e. The summed E-state index contributed by atoms with van der Waals surface area (Å²) in [6, 6.07) is 2.05. The summed E-state index contributed by atoms with van der Waals surface area (Å²) in [5.41, 5.74) is 0. The lowest BCUT2D eigenvalue weighted by molar-refractivity contribution is 0.147. The summed E-state index contributed by atoms with van der Waals surface area (Å²) in [4.78, 5) is 0. The molecule has 0 bridgehead atoms. The predicted octanol–water partition coefficient (Wildman–Crippen LogP) is 2.21. The van der Waals surface area contributed by atoms with Gasteiger partial charge in [0.2, 0.25) is 0 Å². The maximum atomic E-state index is 6.06. The average molecular weight is 179 g/mol. The molecule has 0 amide bonds. The van der Waals surface area contributed by atoms with E-state index in [1.54, 1.807) is 0 Å². The zero-order valence-corrected chi connectivity index (χ0v) is 7.78. The molecule has 58 valence electrons. The van der Waals surface area contributed by atoms with Gasteiger partial charge in [0.05, 0.1) is 7.11 Å². The Bertz CT molecular complexity index is 145. The second-order valence-corrected chi connectivity index (χ2v) is 7.45. The molecule has 0 unspecified atom stereocenters. The van der Waals surface area contributed by atoms with Crippen molar-refractivity contribution in [3.63, 3.8) is 0 Å². The van der Waals surface area contributed by atoms with Gasteiger partial charge in [0, 0.05) is 0 Å². The molecule has 0 aromatic rings. The average Bonchev–Trinajstić information content (AvgIpc) is 1.84. The molecule has 0 aliphatic carbocycles. The van der Waals surface area contributed by atoms with Gasteiger partial charge in [0.1, 0.15) is 0 Å². The summed E-state index contributed by atoms with van der Waals surface area (Å²) < 4.78 is 10.1. The molecule has 1 heterocycles. The number of ether oxygens (including phenoxy) is 1. The van der Waals surface area contributed by atoms with Crippen molar-refractivity contribution in [3.05, 3.63) is 12.5 Å². The lowest BCUT2D eigenvalue weighted by Gasteiger charge is -2.32. The Balaban J connectivity index is 2.29. The van der Waals surface area contributed by atoms with Gasteiger partial charge in [-0.05, 0) is 25.1 Å². The minimum atomic E-state index is -1.83. The summed E-state index contributed by atoms with van der Waals surface area (Å²) in [6.45, 7) is 3.55. The third-order valence-electron chi connectivity index (χ3n) is 1.62. The van der Waals surface area contributed by atoms with E-state index >= 15 is 0 Å². The molecule has 0 spiro atoms. The molecule has 0 N–H and O–H groups in total. The first-order chi connectivity index (χ1) is 4.66. The number of methoxy groups -OCH3 is 1. The smallest absolute Gasteiger partial charge is 0.351 e. The van der Waals surface area contributed by atoms with Crippen LogP contribution in [0.4, 0.5) is 0 Å². The van der Waals surface area contributed by atoms with Gasteiger partial charge in [-0.15, -0.1) is 11.1 Å². The van der Waals surface area contributed by atoms with Crippen molar-refractivity contribution in [2.75, 3.05) is 7.11 Å². The van der Waals surface area contributed by atoms with E-state index in [4.69, 9.17) is 20.2 Å². The third-order valence-corrected chi connectivity index (χ3v) is 5.78. The van der Waals surface area contributed by atoms with Crippen LogP contribution in [0.5, 0.6) is 0 Å². The molecular weight excluding hydrogens is 168 g/mol. The molecule has 1 aliphatic heterocycles. The van der Waals surface area contributed by atoms with Crippen LogP contribution in [-0.4, -0.2) is 14.7 Å². The molecule has 4 heteroatoms. The first-order valence-corrected chi connectivity index (χ1v) is 6.60. The van der Waals surface area contributed by atoms with Crippen LogP contribution in [0.25, 0.3) is 0 Å². The molecule has 2 nitrogen and oxygen atoms in total. The van der Waals surface area contributed by atoms with Crippen molar-refractivity contribution < 1.29 is 9.16 Å². The molecule has 1 saturated heterocycles. The zero-order valence-electron chi connectivity index (χ0n) is 6.02. The minimum absolute atomic E-state index is 0.362. The highest BCUT2D eigenvalue weighted by atomic mass is 35.6. The van der Waals surface area contributed by atoms with E-state index in [1.807, 2.05) is 0 Å². The van der Waals surface area contributed by atoms with Crippen molar-refractivity contribution in [1.29, 1.82) is 0 Å². The number of hydrogen-bond donors (Lipinski definition) is 0. The first kappa shape index (κ1) is 7.95. The number of halogens is 1. The molecule has 10 heavy (non-hydrogen) atoms. The highest BCUT2D eigenvalue weighted by Crippen LogP contribution is 2.37. The fourth-order valence-electron chi connectivity index (χ4n) is 0.802. The lowest BCUT2D eigenvalue weighted by Crippen LogP contribution is -2.38. The van der Waals surface area contributed by atoms with Gasteiger partial charge in [-0.2, -0.15) is 0 Å². The third kappa shape index (κ3) is 1.67. The largest absolute Gasteiger partial charge is 0.504 e. The highest BCUT2D eigenvalue weighted by molar-refractivity contribution is 7.18. The van der Waals surface area contributed by atoms with E-state index in [-0.39, 0.29) is 0 Å². The van der Waals surface area contributed by atoms with Crippen LogP contribution in [0.2, 0.25) is 12.1 Å². The summed E-state index contributed by atoms with van der Waals surface area (Å²) in [6.07, 6.45) is 1.19. The Morgan fingerprint density at radius 3 is 2.50 bits per heavy atom. The summed E-state index contributed by atoms with van der Waals surface area (Å²) in [7, 11) is -0.296. The van der Waals surface area contributed by atoms with Crippen molar-refractivity contribution >= 4 is 18.7 Å². The normalized spacial score (nSPS) is 21.0. The van der Waals surface area contributed by atoms with Crippen LogP contribution >= 0.6 is 11.1 Å². The maximum absolute atomic E-state index is 6.06. The van der Waals surface area contributed by atoms with Crippen molar-refractivity contribution in [1.82, 2.24) is 0 Å². The number of hydrogen-bond acceptors (Lipinski definition) is 2. The molecular formula is C6H11ClO2Si. The Morgan fingerprint density at radius 2 is 2.20 bits per heavy atom. The first-order valence-electron chi connectivity index (χ1n) is 3.27. The van der Waals surface area contributed by atoms with Crippen LogP contribution in [0, 0.1) is 0 Å². The standard InChI is InChI=1S/C6H11ClO2Si/c1-6(8-2)9-10(7)4-3-5-10/h1,3-5H2,2H3. The van der Waals surface area contributed by atoms with Crippen molar-refractivity contribution in [3.8, 4) is 0 Å². The van der Waals surface area contributed by atoms with Gasteiger partial charge in [-0.25, -0.2) is 0 Å². The van der Waals surface area contributed by atoms with Crippen LogP contribution < -0.4 is 0 Å². The van der Waals surface area contributed by atoms with Gasteiger partial charge in [-0.1, -0.05) is 0 Å². The molecule has 1 aliphatic rings. The van der Waals surface area contributed by atoms with E-state index in [1.165, 1.54) is 13.5 Å². The molecule has 1 fully saturated rings. The number of rotatable bonds is 3. The second-order valence-electron chi connectivity index (χ2n) is 2.41. The fraction of sp³-hybridized carbons (Fsp3) is 0.667. The van der Waals surface area contributed by atoms with Gasteiger partial charge in [-0.3, -0.25) is 0 Å². The van der Waals surface area contributed by atoms with Crippen LogP contribution in [0.1, 0.15) is 6.42 Å². The molecule has 0 radical (unpaired) electrons. The Labute approximate surface area is 66.6 Å². The Hall–Kier alpha value is -0.153. The fourth-order valence-corrected chi connectivity index (χ4v) is 3.47. The summed E-state index contributed by atoms with van der Waals surface area (Å²) in [5, 5.41) is 0. The Morgan fingerprint density at radius 1 is 1.60 bits per heavy atom. The zero-order chi connectivity index (χ0) is 7.61. The van der Waals surface area contributed by atoms with Crippen LogP contribution in [0.15, 0.2) is 12.5 Å². The van der Waals surface area contributed by atoms with Gasteiger partial charge >= 0.3 is 7.63 Å². The second kappa shape index (κ2) is 2.84. The van der Waals surface area contributed by atoms with E-state index < -0.39 is 7.63 Å². The Kier molecular flexibility index (Phi) is 2.26. The topological polar surface area (TPSA) is 18.5 Å². The molecule has 1 rings (SSSR count). The van der Waals surface area contributed by atoms with Gasteiger partial charge in [0.25, 0.3) is 5.95 Å². The summed E-state index contributed by atoms with van der Waals surface area (Å²) >= 11 is 6.06. The molecule has 0 aromatic carbocycles. The monoisotopic (exact) mass is 178 g/mol. The van der Waals surface area contributed by atoms with E-state index in [2.05, 4.69) is 6.58 Å². The molecule has 0 atom stereocenters. The van der Waals surface area contributed by atoms with E-state index in [9.17, 15) is 0 Å². The molecule has 0 aromatic heterocycles. The minimum Gasteiger partial charge on any atom is -0.504 e. The highest BCUT2D eigenvalue weighted by Gasteiger charge is 2.42. The lowest BCUT2D eigenvalue weighted by atomic mass is 10.5. The SMILES string of the molecule is C=C(OC)O[Si]1(Cl)CCC1. The van der Waals surface area contributed by atoms with Crippen molar-refractivity contribution in [2.45, 2.75) is 18.5 Å². The van der Waals surface area contributed by atoms with E-state index in [0.29, 0.717) is 5.95 Å². The van der Waals surface area contributed by atoms with Crippen LogP contribution in [-0.2, 0) is 9.16 Å². The van der Waals surface area contributed by atoms with Gasteiger partial charge < -0.3 is 9.16 Å². The van der Waals surface area contributed by atoms with Gasteiger partial charge in [0.15, 0.2) is 0 Å². The molecule has 0 saturated carbocycles.